The van der Waals surface area contributed by atoms with E-state index in [0.717, 1.165) is 24.1 Å². The molecule has 12 heavy (non-hydrogen) atoms. The lowest BCUT2D eigenvalue weighted by molar-refractivity contribution is 0.145. The summed E-state index contributed by atoms with van der Waals surface area (Å²) in [6.07, 6.45) is -0.434. The van der Waals surface area contributed by atoms with E-state index in [0.29, 0.717) is 11.8 Å². The number of alkyl halides is 2. The van der Waals surface area contributed by atoms with Gasteiger partial charge < -0.3 is 0 Å². The van der Waals surface area contributed by atoms with Crippen LogP contribution in [0, 0.1) is 5.92 Å². The number of H-pyrrole nitrogens is 1. The molecule has 1 saturated carbocycles. The second-order valence-electron chi connectivity index (χ2n) is 3.61. The molecular weight excluding hydrogens is 162 g/mol. The summed E-state index contributed by atoms with van der Waals surface area (Å²) < 4.78 is 24.6. The second-order valence-corrected chi connectivity index (χ2v) is 3.61. The van der Waals surface area contributed by atoms with Gasteiger partial charge >= 0.3 is 0 Å². The molecule has 0 bridgehead atoms. The van der Waals surface area contributed by atoms with Gasteiger partial charge in [-0.2, -0.15) is 5.10 Å². The summed E-state index contributed by atoms with van der Waals surface area (Å²) in [5.41, 5.74) is 1.76. The maximum atomic E-state index is 12.3. The Hall–Kier alpha value is -0.930. The molecule has 1 aromatic rings. The van der Waals surface area contributed by atoms with Gasteiger partial charge in [0.25, 0.3) is 6.43 Å². The maximum Gasteiger partial charge on any atom is 0.282 e. The fourth-order valence-corrected chi connectivity index (χ4v) is 2.18. The normalized spacial score (nSPS) is 30.6. The minimum absolute atomic E-state index is 0.0165. The van der Waals surface area contributed by atoms with Crippen molar-refractivity contribution >= 4 is 0 Å². The summed E-state index contributed by atoms with van der Waals surface area (Å²) in [5, 5.41) is 6.37. The maximum absolute atomic E-state index is 12.3. The molecule has 2 aliphatic rings. The molecule has 1 fully saturated rings. The van der Waals surface area contributed by atoms with E-state index in [9.17, 15) is 8.78 Å². The summed E-state index contributed by atoms with van der Waals surface area (Å²) in [6, 6.07) is 0. The lowest BCUT2D eigenvalue weighted by atomic mass is 10.1. The minimum atomic E-state index is -2.41. The highest BCUT2D eigenvalue weighted by Gasteiger charge is 2.48. The molecule has 2 aliphatic carbocycles. The molecule has 1 N–H and O–H groups in total. The van der Waals surface area contributed by atoms with E-state index in [4.69, 9.17) is 0 Å². The minimum Gasteiger partial charge on any atom is -0.282 e. The Morgan fingerprint density at radius 2 is 2.33 bits per heavy atom. The van der Waals surface area contributed by atoms with Gasteiger partial charge in [0.05, 0.1) is 0 Å². The third kappa shape index (κ3) is 0.653. The summed E-state index contributed by atoms with van der Waals surface area (Å²) in [6.45, 7) is 0. The number of rotatable bonds is 1. The molecule has 3 rings (SSSR count). The summed E-state index contributed by atoms with van der Waals surface area (Å²) in [4.78, 5) is 0. The molecule has 0 aromatic carbocycles. The quantitative estimate of drug-likeness (QED) is 0.686. The molecule has 0 spiro atoms. The van der Waals surface area contributed by atoms with E-state index in [2.05, 4.69) is 10.2 Å². The van der Waals surface area contributed by atoms with Crippen molar-refractivity contribution in [2.24, 2.45) is 5.92 Å². The largest absolute Gasteiger partial charge is 0.282 e. The zero-order chi connectivity index (χ0) is 8.29. The van der Waals surface area contributed by atoms with E-state index in [1.165, 1.54) is 0 Å². The third-order valence-electron chi connectivity index (χ3n) is 2.90. The summed E-state index contributed by atoms with van der Waals surface area (Å²) >= 11 is 0. The Bertz CT molecular complexity index is 332. The highest BCUT2D eigenvalue weighted by Crippen LogP contribution is 2.56. The number of halogens is 2. The van der Waals surface area contributed by atoms with Crippen LogP contribution in [0.1, 0.15) is 35.7 Å². The predicted molar refractivity (Wildman–Crippen MR) is 38.1 cm³/mol. The van der Waals surface area contributed by atoms with Gasteiger partial charge in [-0.05, 0) is 18.8 Å². The van der Waals surface area contributed by atoms with Crippen LogP contribution in [-0.4, -0.2) is 10.2 Å². The standard InChI is InChI=1S/C8H8F2N2/c9-8(10)7-5-2-3-1-4(3)6(5)11-12-7/h3-4,8H,1-2H2,(H,11,12). The Labute approximate surface area is 68.0 Å². The van der Waals surface area contributed by atoms with Crippen LogP contribution in [0.4, 0.5) is 8.78 Å². The number of hydrogen-bond donors (Lipinski definition) is 1. The molecule has 0 aliphatic heterocycles. The Morgan fingerprint density at radius 1 is 1.50 bits per heavy atom. The summed E-state index contributed by atoms with van der Waals surface area (Å²) in [5.74, 6) is 1.17. The van der Waals surface area contributed by atoms with Gasteiger partial charge in [-0.3, -0.25) is 5.10 Å². The van der Waals surface area contributed by atoms with Gasteiger partial charge in [-0.25, -0.2) is 8.78 Å². The highest BCUT2D eigenvalue weighted by atomic mass is 19.3. The van der Waals surface area contributed by atoms with Crippen molar-refractivity contribution in [2.75, 3.05) is 0 Å². The zero-order valence-electron chi connectivity index (χ0n) is 6.35. The monoisotopic (exact) mass is 170 g/mol. The van der Waals surface area contributed by atoms with Gasteiger partial charge in [-0.1, -0.05) is 0 Å². The van der Waals surface area contributed by atoms with Gasteiger partial charge in [0.15, 0.2) is 0 Å². The number of nitrogens with zero attached hydrogens (tertiary/aromatic N) is 1. The van der Waals surface area contributed by atoms with E-state index < -0.39 is 6.43 Å². The van der Waals surface area contributed by atoms with Crippen molar-refractivity contribution in [3.63, 3.8) is 0 Å². The predicted octanol–water partition coefficient (Wildman–Crippen LogP) is 2.01. The summed E-state index contributed by atoms with van der Waals surface area (Å²) in [7, 11) is 0. The van der Waals surface area contributed by atoms with E-state index in [1.807, 2.05) is 0 Å². The number of aromatic amines is 1. The van der Waals surface area contributed by atoms with Gasteiger partial charge in [0, 0.05) is 17.2 Å². The van der Waals surface area contributed by atoms with E-state index in [-0.39, 0.29) is 5.69 Å². The van der Waals surface area contributed by atoms with Crippen LogP contribution in [0.3, 0.4) is 0 Å². The van der Waals surface area contributed by atoms with Crippen LogP contribution < -0.4 is 0 Å². The van der Waals surface area contributed by atoms with Crippen molar-refractivity contribution < 1.29 is 8.78 Å². The average molecular weight is 170 g/mol. The number of fused-ring (bicyclic) bond motifs is 3. The SMILES string of the molecule is FC(F)c1n[nH]c2c1CC1CC21. The molecule has 1 heterocycles. The Balaban J connectivity index is 2.09. The molecule has 64 valence electrons. The molecule has 2 nitrogen and oxygen atoms in total. The Morgan fingerprint density at radius 3 is 3.08 bits per heavy atom. The molecule has 2 atom stereocenters. The number of nitrogens with one attached hydrogen (secondary N) is 1. The number of hydrogen-bond acceptors (Lipinski definition) is 1. The van der Waals surface area contributed by atoms with Crippen LogP contribution in [0.5, 0.6) is 0 Å². The lowest BCUT2D eigenvalue weighted by Gasteiger charge is -1.97. The molecule has 4 heteroatoms. The zero-order valence-corrected chi connectivity index (χ0v) is 6.35. The molecule has 0 amide bonds. The smallest absolute Gasteiger partial charge is 0.282 e. The van der Waals surface area contributed by atoms with Gasteiger partial charge in [-0.15, -0.1) is 0 Å². The van der Waals surface area contributed by atoms with E-state index >= 15 is 0 Å². The van der Waals surface area contributed by atoms with Crippen LogP contribution in [0.2, 0.25) is 0 Å². The average Bonchev–Trinajstić information content (AvgIpc) is 2.54. The van der Waals surface area contributed by atoms with Crippen molar-refractivity contribution in [2.45, 2.75) is 25.2 Å². The first-order valence-corrected chi connectivity index (χ1v) is 4.12. The first kappa shape index (κ1) is 6.57. The second kappa shape index (κ2) is 1.87. The molecular formula is C8H8F2N2. The van der Waals surface area contributed by atoms with Gasteiger partial charge in [0.1, 0.15) is 5.69 Å². The fourth-order valence-electron chi connectivity index (χ4n) is 2.18. The van der Waals surface area contributed by atoms with Crippen molar-refractivity contribution in [3.05, 3.63) is 17.0 Å². The third-order valence-corrected chi connectivity index (χ3v) is 2.90. The molecule has 0 radical (unpaired) electrons. The van der Waals surface area contributed by atoms with Crippen molar-refractivity contribution in [1.29, 1.82) is 0 Å². The first-order chi connectivity index (χ1) is 5.77. The molecule has 0 saturated heterocycles. The Kier molecular flexibility index (Phi) is 1.02. The lowest BCUT2D eigenvalue weighted by Crippen LogP contribution is -1.91. The van der Waals surface area contributed by atoms with Crippen molar-refractivity contribution in [1.82, 2.24) is 10.2 Å². The van der Waals surface area contributed by atoms with E-state index in [1.54, 1.807) is 0 Å². The topological polar surface area (TPSA) is 28.7 Å². The van der Waals surface area contributed by atoms with Crippen LogP contribution in [0.25, 0.3) is 0 Å². The van der Waals surface area contributed by atoms with Gasteiger partial charge in [0.2, 0.25) is 0 Å². The highest BCUT2D eigenvalue weighted by molar-refractivity contribution is 5.39. The molecule has 1 aromatic heterocycles. The van der Waals surface area contributed by atoms with Crippen LogP contribution in [0.15, 0.2) is 0 Å². The fraction of sp³-hybridized carbons (Fsp3) is 0.625. The number of aromatic nitrogens is 2. The molecule has 2 unspecified atom stereocenters. The van der Waals surface area contributed by atoms with Crippen LogP contribution >= 0.6 is 0 Å². The van der Waals surface area contributed by atoms with Crippen LogP contribution in [-0.2, 0) is 6.42 Å². The first-order valence-electron chi connectivity index (χ1n) is 4.12. The van der Waals surface area contributed by atoms with Crippen molar-refractivity contribution in [3.8, 4) is 0 Å².